The van der Waals surface area contributed by atoms with Crippen LogP contribution >= 0.6 is 0 Å². The van der Waals surface area contributed by atoms with Crippen LogP contribution in [0, 0.1) is 17.8 Å². The summed E-state index contributed by atoms with van der Waals surface area (Å²) >= 11 is 0. The van der Waals surface area contributed by atoms with Crippen LogP contribution in [0.5, 0.6) is 0 Å². The first-order valence-electron chi connectivity index (χ1n) is 8.03. The number of rotatable bonds is 4. The summed E-state index contributed by atoms with van der Waals surface area (Å²) in [5, 5.41) is 8.92. The van der Waals surface area contributed by atoms with Crippen molar-refractivity contribution < 1.29 is 0 Å². The van der Waals surface area contributed by atoms with E-state index in [4.69, 9.17) is 5.73 Å². The molecule has 1 heterocycles. The quantitative estimate of drug-likeness (QED) is 0.937. The van der Waals surface area contributed by atoms with Crippen molar-refractivity contribution in [1.29, 1.82) is 0 Å². The number of nitrogens with two attached hydrogens (primary N) is 1. The fourth-order valence-electron chi connectivity index (χ4n) is 4.24. The number of para-hydroxylation sites is 1. The number of aromatic nitrogens is 3. The lowest BCUT2D eigenvalue weighted by atomic mass is 9.84. The summed E-state index contributed by atoms with van der Waals surface area (Å²) in [6, 6.07) is 10.0. The van der Waals surface area contributed by atoms with Gasteiger partial charge in [0, 0.05) is 0 Å². The second-order valence-electron chi connectivity index (χ2n) is 6.67. The molecule has 4 rings (SSSR count). The molecule has 0 aliphatic heterocycles. The van der Waals surface area contributed by atoms with E-state index in [0.717, 1.165) is 35.6 Å². The van der Waals surface area contributed by atoms with Gasteiger partial charge in [0.25, 0.3) is 0 Å². The van der Waals surface area contributed by atoms with Gasteiger partial charge in [-0.25, -0.2) is 0 Å². The highest BCUT2D eigenvalue weighted by Gasteiger charge is 2.40. The van der Waals surface area contributed by atoms with Crippen molar-refractivity contribution in [2.24, 2.45) is 23.5 Å². The van der Waals surface area contributed by atoms with Crippen LogP contribution in [0.3, 0.4) is 0 Å². The molecule has 0 saturated heterocycles. The van der Waals surface area contributed by atoms with Crippen molar-refractivity contribution in [2.75, 3.05) is 0 Å². The van der Waals surface area contributed by atoms with Gasteiger partial charge in [-0.3, -0.25) is 0 Å². The van der Waals surface area contributed by atoms with E-state index in [1.807, 2.05) is 36.5 Å². The Morgan fingerprint density at radius 2 is 2.05 bits per heavy atom. The molecule has 110 valence electrons. The Morgan fingerprint density at radius 1 is 1.19 bits per heavy atom. The molecule has 21 heavy (non-hydrogen) atoms. The monoisotopic (exact) mass is 282 g/mol. The number of hydrogen-bond donors (Lipinski definition) is 1. The van der Waals surface area contributed by atoms with Crippen molar-refractivity contribution >= 4 is 0 Å². The third-order valence-electron chi connectivity index (χ3n) is 5.32. The fourth-order valence-corrected chi connectivity index (χ4v) is 4.24. The summed E-state index contributed by atoms with van der Waals surface area (Å²) < 4.78 is 0. The molecule has 4 unspecified atom stereocenters. The maximum absolute atomic E-state index is 6.38. The Morgan fingerprint density at radius 3 is 2.76 bits per heavy atom. The lowest BCUT2D eigenvalue weighted by Gasteiger charge is -2.23. The standard InChI is InChI=1S/C17H22N4/c18-16(10-14-9-12-6-7-13(14)8-12)17-11-19-21(20-17)15-4-2-1-3-5-15/h1-5,11-14,16H,6-10,18H2. The highest BCUT2D eigenvalue weighted by molar-refractivity contribution is 5.28. The molecule has 2 aliphatic carbocycles. The lowest BCUT2D eigenvalue weighted by Crippen LogP contribution is -2.20. The molecular weight excluding hydrogens is 260 g/mol. The average molecular weight is 282 g/mol. The van der Waals surface area contributed by atoms with Gasteiger partial charge in [0.2, 0.25) is 0 Å². The summed E-state index contributed by atoms with van der Waals surface area (Å²) in [5.74, 6) is 2.71. The maximum atomic E-state index is 6.38. The summed E-state index contributed by atoms with van der Waals surface area (Å²) in [6.07, 6.45) is 8.57. The molecule has 4 heteroatoms. The zero-order valence-corrected chi connectivity index (χ0v) is 12.2. The van der Waals surface area contributed by atoms with Crippen LogP contribution in [0.1, 0.15) is 43.8 Å². The molecule has 2 aromatic rings. The van der Waals surface area contributed by atoms with Gasteiger partial charge in [-0.05, 0) is 55.6 Å². The first-order chi connectivity index (χ1) is 10.3. The second-order valence-corrected chi connectivity index (χ2v) is 6.67. The Hall–Kier alpha value is -1.68. The van der Waals surface area contributed by atoms with Gasteiger partial charge < -0.3 is 5.73 Å². The van der Waals surface area contributed by atoms with Crippen molar-refractivity contribution in [1.82, 2.24) is 15.0 Å². The third-order valence-corrected chi connectivity index (χ3v) is 5.32. The zero-order chi connectivity index (χ0) is 14.2. The highest BCUT2D eigenvalue weighted by Crippen LogP contribution is 2.50. The number of nitrogens with zero attached hydrogens (tertiary/aromatic N) is 3. The topological polar surface area (TPSA) is 56.7 Å². The molecule has 2 aliphatic rings. The van der Waals surface area contributed by atoms with Crippen LogP contribution in [0.25, 0.3) is 5.69 Å². The van der Waals surface area contributed by atoms with E-state index in [-0.39, 0.29) is 6.04 Å². The van der Waals surface area contributed by atoms with E-state index in [2.05, 4.69) is 10.2 Å². The molecule has 2 saturated carbocycles. The molecule has 2 bridgehead atoms. The average Bonchev–Trinajstić information content (AvgIpc) is 3.24. The normalized spacial score (nSPS) is 28.9. The minimum absolute atomic E-state index is 0.0202. The van der Waals surface area contributed by atoms with Gasteiger partial charge in [-0.15, -0.1) is 0 Å². The van der Waals surface area contributed by atoms with E-state index < -0.39 is 0 Å². The summed E-state index contributed by atoms with van der Waals surface area (Å²) in [6.45, 7) is 0. The number of fused-ring (bicyclic) bond motifs is 2. The predicted octanol–water partition coefficient (Wildman–Crippen LogP) is 3.09. The van der Waals surface area contributed by atoms with Crippen molar-refractivity contribution in [3.63, 3.8) is 0 Å². The molecule has 4 atom stereocenters. The largest absolute Gasteiger partial charge is 0.323 e. The molecule has 1 aromatic heterocycles. The van der Waals surface area contributed by atoms with E-state index in [1.54, 1.807) is 4.80 Å². The molecule has 4 nitrogen and oxygen atoms in total. The van der Waals surface area contributed by atoms with Crippen molar-refractivity contribution in [3.05, 3.63) is 42.2 Å². The minimum Gasteiger partial charge on any atom is -0.323 e. The van der Waals surface area contributed by atoms with Gasteiger partial charge >= 0.3 is 0 Å². The summed E-state index contributed by atoms with van der Waals surface area (Å²) in [4.78, 5) is 1.68. The van der Waals surface area contributed by atoms with Crippen LogP contribution in [-0.2, 0) is 0 Å². The van der Waals surface area contributed by atoms with Crippen molar-refractivity contribution in [3.8, 4) is 5.69 Å². The Bertz CT molecular complexity index is 606. The number of hydrogen-bond acceptors (Lipinski definition) is 3. The molecule has 0 spiro atoms. The first-order valence-corrected chi connectivity index (χ1v) is 8.03. The van der Waals surface area contributed by atoms with Gasteiger partial charge in [0.1, 0.15) is 0 Å². The van der Waals surface area contributed by atoms with Gasteiger partial charge in [-0.2, -0.15) is 15.0 Å². The Balaban J connectivity index is 1.45. The van der Waals surface area contributed by atoms with Crippen molar-refractivity contribution in [2.45, 2.75) is 38.1 Å². The first kappa shape index (κ1) is 13.0. The minimum atomic E-state index is 0.0202. The van der Waals surface area contributed by atoms with Crippen LogP contribution < -0.4 is 5.73 Å². The van der Waals surface area contributed by atoms with Gasteiger partial charge in [0.15, 0.2) is 0 Å². The van der Waals surface area contributed by atoms with Crippen LogP contribution in [0.15, 0.2) is 36.5 Å². The van der Waals surface area contributed by atoms with E-state index in [1.165, 1.54) is 25.7 Å². The summed E-state index contributed by atoms with van der Waals surface area (Å²) in [7, 11) is 0. The maximum Gasteiger partial charge on any atom is 0.0998 e. The van der Waals surface area contributed by atoms with E-state index in [9.17, 15) is 0 Å². The molecule has 2 N–H and O–H groups in total. The SMILES string of the molecule is NC(CC1CC2CCC1C2)c1cnn(-c2ccccc2)n1. The van der Waals surface area contributed by atoms with Crippen LogP contribution in [0.2, 0.25) is 0 Å². The molecule has 1 aromatic carbocycles. The molecule has 0 amide bonds. The van der Waals surface area contributed by atoms with Gasteiger partial charge in [-0.1, -0.05) is 24.6 Å². The third kappa shape index (κ3) is 2.48. The van der Waals surface area contributed by atoms with E-state index >= 15 is 0 Å². The van der Waals surface area contributed by atoms with Crippen LogP contribution in [-0.4, -0.2) is 15.0 Å². The molecular formula is C17H22N4. The van der Waals surface area contributed by atoms with Crippen LogP contribution in [0.4, 0.5) is 0 Å². The summed E-state index contributed by atoms with van der Waals surface area (Å²) in [5.41, 5.74) is 8.28. The smallest absolute Gasteiger partial charge is 0.0998 e. The molecule has 2 fully saturated rings. The highest BCUT2D eigenvalue weighted by atomic mass is 15.5. The van der Waals surface area contributed by atoms with Gasteiger partial charge in [0.05, 0.1) is 23.6 Å². The zero-order valence-electron chi connectivity index (χ0n) is 12.2. The van der Waals surface area contributed by atoms with E-state index in [0.29, 0.717) is 0 Å². The molecule has 0 radical (unpaired) electrons. The second kappa shape index (κ2) is 5.26. The Labute approximate surface area is 125 Å². The predicted molar refractivity (Wildman–Crippen MR) is 81.8 cm³/mol. The fraction of sp³-hybridized carbons (Fsp3) is 0.529. The lowest BCUT2D eigenvalue weighted by molar-refractivity contribution is 0.294. The Kier molecular flexibility index (Phi) is 3.26. The number of benzene rings is 1.